The molecule has 0 radical (unpaired) electrons. The van der Waals surface area contributed by atoms with Crippen LogP contribution in [0.4, 0.5) is 11.4 Å². The van der Waals surface area contributed by atoms with E-state index in [-0.39, 0.29) is 12.4 Å². The quantitative estimate of drug-likeness (QED) is 0.620. The molecule has 0 bridgehead atoms. The summed E-state index contributed by atoms with van der Waals surface area (Å²) in [7, 11) is 0. The first kappa shape index (κ1) is 19.4. The number of quaternary nitrogens is 1. The van der Waals surface area contributed by atoms with Gasteiger partial charge in [-0.25, -0.2) is 4.48 Å². The number of nitrogens with zero attached hydrogens (tertiary/aromatic N) is 4. The lowest BCUT2D eigenvalue weighted by Crippen LogP contribution is -3.00. The summed E-state index contributed by atoms with van der Waals surface area (Å²) in [5.41, 5.74) is 2.55. The van der Waals surface area contributed by atoms with Crippen LogP contribution in [0.2, 0.25) is 0 Å². The van der Waals surface area contributed by atoms with Gasteiger partial charge in [-0.1, -0.05) is 26.0 Å². The molecule has 2 heterocycles. The van der Waals surface area contributed by atoms with Crippen molar-refractivity contribution < 1.29 is 12.4 Å². The highest BCUT2D eigenvalue weighted by atomic mass is 35.5. The molecule has 1 aromatic carbocycles. The van der Waals surface area contributed by atoms with E-state index in [9.17, 15) is 0 Å². The molecule has 4 nitrogen and oxygen atoms in total. The molecule has 1 saturated heterocycles. The van der Waals surface area contributed by atoms with Crippen LogP contribution >= 0.6 is 0 Å². The molecule has 0 aliphatic carbocycles. The second-order valence-corrected chi connectivity index (χ2v) is 6.79. The van der Waals surface area contributed by atoms with Gasteiger partial charge >= 0.3 is 0 Å². The molecule has 2 aliphatic rings. The number of aliphatic imine (C=N–C) groups is 1. The van der Waals surface area contributed by atoms with Crippen molar-refractivity contribution in [2.24, 2.45) is 4.99 Å². The molecule has 0 amide bonds. The summed E-state index contributed by atoms with van der Waals surface area (Å²) in [6, 6.07) is 8.68. The smallest absolute Gasteiger partial charge is 0.195 e. The van der Waals surface area contributed by atoms with Crippen LogP contribution in [0.1, 0.15) is 26.7 Å². The van der Waals surface area contributed by atoms with Crippen LogP contribution < -0.4 is 16.9 Å². The van der Waals surface area contributed by atoms with E-state index in [2.05, 4.69) is 54.3 Å². The monoisotopic (exact) mass is 350 g/mol. The van der Waals surface area contributed by atoms with E-state index in [1.807, 2.05) is 0 Å². The molecule has 1 fully saturated rings. The van der Waals surface area contributed by atoms with E-state index >= 15 is 0 Å². The van der Waals surface area contributed by atoms with Gasteiger partial charge in [-0.05, 0) is 45.1 Å². The molecule has 0 spiro atoms. The first-order valence-corrected chi connectivity index (χ1v) is 9.23. The number of hydrogen-bond donors (Lipinski definition) is 0. The van der Waals surface area contributed by atoms with Crippen molar-refractivity contribution in [2.45, 2.75) is 26.7 Å². The summed E-state index contributed by atoms with van der Waals surface area (Å²) in [6.45, 7) is 13.9. The number of para-hydroxylation sites is 2. The van der Waals surface area contributed by atoms with E-state index < -0.39 is 0 Å². The molecule has 1 atom stereocenters. The highest BCUT2D eigenvalue weighted by Gasteiger charge is 2.36. The normalized spacial score (nSPS) is 22.8. The van der Waals surface area contributed by atoms with Gasteiger partial charge < -0.3 is 12.4 Å². The van der Waals surface area contributed by atoms with Gasteiger partial charge in [0.05, 0.1) is 0 Å². The molecule has 1 aromatic rings. The fourth-order valence-corrected chi connectivity index (χ4v) is 3.84. The molecule has 2 aliphatic heterocycles. The molecular formula is C19H31ClN4. The minimum Gasteiger partial charge on any atom is -1.00 e. The lowest BCUT2D eigenvalue weighted by atomic mass is 10.2. The summed E-state index contributed by atoms with van der Waals surface area (Å²) in [6.07, 6.45) is 4.93. The molecule has 24 heavy (non-hydrogen) atoms. The summed E-state index contributed by atoms with van der Waals surface area (Å²) < 4.78 is 0.920. The third-order valence-electron chi connectivity index (χ3n) is 5.50. The highest BCUT2D eigenvalue weighted by Crippen LogP contribution is 2.37. The lowest BCUT2D eigenvalue weighted by Gasteiger charge is -2.34. The molecule has 1 unspecified atom stereocenters. The number of likely N-dealkylation sites (tertiary alicyclic amines) is 1. The van der Waals surface area contributed by atoms with Gasteiger partial charge in [-0.3, -0.25) is 9.80 Å². The molecule has 0 N–H and O–H groups in total. The Bertz CT molecular complexity index is 530. The maximum absolute atomic E-state index is 4.74. The zero-order valence-corrected chi connectivity index (χ0v) is 15.9. The fraction of sp³-hybridized carbons (Fsp3) is 0.632. The zero-order valence-electron chi connectivity index (χ0n) is 15.1. The van der Waals surface area contributed by atoms with Crippen molar-refractivity contribution in [1.82, 2.24) is 14.3 Å². The van der Waals surface area contributed by atoms with Gasteiger partial charge in [0.1, 0.15) is 18.8 Å². The first-order valence-electron chi connectivity index (χ1n) is 9.23. The Morgan fingerprint density at radius 2 is 1.79 bits per heavy atom. The number of likely N-dealkylation sites (N-methyl/N-ethyl adjacent to an activating group) is 1. The predicted molar refractivity (Wildman–Crippen MR) is 99.6 cm³/mol. The lowest BCUT2D eigenvalue weighted by molar-refractivity contribution is -0.00000485. The Morgan fingerprint density at radius 1 is 1.08 bits per heavy atom. The number of hydrogen-bond acceptors (Lipinski definition) is 3. The molecule has 5 heteroatoms. The number of rotatable bonds is 8. The Balaban J connectivity index is 0.00000208. The Hall–Kier alpha value is -0.940. The van der Waals surface area contributed by atoms with E-state index in [0.717, 1.165) is 42.9 Å². The number of fused-ring (bicyclic) bond motifs is 1. The van der Waals surface area contributed by atoms with Crippen molar-refractivity contribution in [3.63, 3.8) is 0 Å². The summed E-state index contributed by atoms with van der Waals surface area (Å²) in [5.74, 6) is 0. The molecular weight excluding hydrogens is 320 g/mol. The zero-order chi connectivity index (χ0) is 16.1. The van der Waals surface area contributed by atoms with Crippen molar-refractivity contribution in [2.75, 3.05) is 52.4 Å². The van der Waals surface area contributed by atoms with Crippen LogP contribution in [-0.4, -0.2) is 68.5 Å². The number of benzene rings is 1. The van der Waals surface area contributed by atoms with Crippen molar-refractivity contribution in [3.05, 3.63) is 24.3 Å². The van der Waals surface area contributed by atoms with Crippen LogP contribution in [0.3, 0.4) is 0 Å². The topological polar surface area (TPSA) is 18.8 Å². The summed E-state index contributed by atoms with van der Waals surface area (Å²) >= 11 is 0. The Morgan fingerprint density at radius 3 is 2.50 bits per heavy atom. The van der Waals surface area contributed by atoms with E-state index in [0.29, 0.717) is 0 Å². The number of halogens is 1. The highest BCUT2D eigenvalue weighted by molar-refractivity contribution is 5.88. The summed E-state index contributed by atoms with van der Waals surface area (Å²) in [5, 5.41) is 0. The van der Waals surface area contributed by atoms with Crippen LogP contribution in [0, 0.1) is 0 Å². The van der Waals surface area contributed by atoms with Gasteiger partial charge in [0.25, 0.3) is 0 Å². The average Bonchev–Trinajstić information content (AvgIpc) is 3.23. The third kappa shape index (κ3) is 4.17. The second-order valence-electron chi connectivity index (χ2n) is 6.79. The van der Waals surface area contributed by atoms with Gasteiger partial charge in [0.2, 0.25) is 0 Å². The van der Waals surface area contributed by atoms with Crippen LogP contribution in [-0.2, 0) is 0 Å². The SMILES string of the molecule is CCN(CC)CC[N+]1(CCN2CCCC2)C=Nc2ccccc21.[Cl-]. The van der Waals surface area contributed by atoms with Crippen LogP contribution in [0.5, 0.6) is 0 Å². The minimum atomic E-state index is 0. The van der Waals surface area contributed by atoms with Gasteiger partial charge in [-0.2, -0.15) is 4.99 Å². The van der Waals surface area contributed by atoms with E-state index in [4.69, 9.17) is 4.99 Å². The standard InChI is InChI=1S/C19H31N4.ClH/c1-3-21(4-2)13-15-23(16-14-22-11-7-8-12-22)17-20-18-9-5-6-10-19(18)23;/h5-6,9-10,17H,3-4,7-8,11-16H2,1-2H3;1H/q+1;/p-1. The minimum absolute atomic E-state index is 0. The molecule has 0 aromatic heterocycles. The van der Waals surface area contributed by atoms with Crippen molar-refractivity contribution in [1.29, 1.82) is 0 Å². The first-order chi connectivity index (χ1) is 11.3. The maximum atomic E-state index is 4.74. The van der Waals surface area contributed by atoms with Crippen LogP contribution in [0.25, 0.3) is 0 Å². The summed E-state index contributed by atoms with van der Waals surface area (Å²) in [4.78, 5) is 9.87. The third-order valence-corrected chi connectivity index (χ3v) is 5.50. The van der Waals surface area contributed by atoms with Crippen molar-refractivity contribution >= 4 is 17.7 Å². The van der Waals surface area contributed by atoms with Crippen LogP contribution in [0.15, 0.2) is 29.3 Å². The van der Waals surface area contributed by atoms with E-state index in [1.54, 1.807) is 0 Å². The second kappa shape index (κ2) is 8.95. The average molecular weight is 351 g/mol. The maximum Gasteiger partial charge on any atom is 0.195 e. The van der Waals surface area contributed by atoms with E-state index in [1.165, 1.54) is 38.2 Å². The fourth-order valence-electron chi connectivity index (χ4n) is 3.84. The molecule has 3 rings (SSSR count). The molecule has 0 saturated carbocycles. The Kier molecular flexibility index (Phi) is 7.23. The largest absolute Gasteiger partial charge is 1.00 e. The molecule has 134 valence electrons. The van der Waals surface area contributed by atoms with Gasteiger partial charge in [-0.15, -0.1) is 0 Å². The van der Waals surface area contributed by atoms with Gasteiger partial charge in [0.15, 0.2) is 12.0 Å². The Labute approximate surface area is 153 Å². The van der Waals surface area contributed by atoms with Crippen molar-refractivity contribution in [3.8, 4) is 0 Å². The predicted octanol–water partition coefficient (Wildman–Crippen LogP) is 0.109. The van der Waals surface area contributed by atoms with Gasteiger partial charge in [0, 0.05) is 19.2 Å².